The van der Waals surface area contributed by atoms with E-state index in [-0.39, 0.29) is 5.41 Å². The molecular weight excluding hydrogens is 336 g/mol. The van der Waals surface area contributed by atoms with Crippen molar-refractivity contribution in [1.29, 1.82) is 0 Å². The van der Waals surface area contributed by atoms with Gasteiger partial charge in [0.15, 0.2) is 11.7 Å². The molecule has 0 saturated carbocycles. The average molecular weight is 363 g/mol. The van der Waals surface area contributed by atoms with Crippen LogP contribution < -0.4 is 10.6 Å². The molecule has 2 aromatic rings. The molecule has 136 valence electrons. The molecule has 0 atom stereocenters. The van der Waals surface area contributed by atoms with Gasteiger partial charge in [-0.05, 0) is 36.0 Å². The van der Waals surface area contributed by atoms with Crippen molar-refractivity contribution in [2.45, 2.75) is 40.2 Å². The van der Waals surface area contributed by atoms with Crippen LogP contribution in [0.2, 0.25) is 5.02 Å². The normalized spacial score (nSPS) is 12.3. The highest BCUT2D eigenvalue weighted by Gasteiger charge is 2.19. The summed E-state index contributed by atoms with van der Waals surface area (Å²) < 4.78 is 5.28. The fourth-order valence-electron chi connectivity index (χ4n) is 2.58. The second-order valence-corrected chi connectivity index (χ2v) is 7.32. The first kappa shape index (κ1) is 19.3. The number of benzene rings is 1. The highest BCUT2D eigenvalue weighted by molar-refractivity contribution is 6.30. The lowest BCUT2D eigenvalue weighted by Crippen LogP contribution is -2.42. The van der Waals surface area contributed by atoms with Crippen molar-refractivity contribution in [3.63, 3.8) is 0 Å². The van der Waals surface area contributed by atoms with E-state index < -0.39 is 0 Å². The van der Waals surface area contributed by atoms with Crippen LogP contribution in [-0.4, -0.2) is 24.7 Å². The fraction of sp³-hybridized carbons (Fsp3) is 0.474. The molecule has 6 heteroatoms. The molecule has 0 saturated heterocycles. The van der Waals surface area contributed by atoms with Crippen molar-refractivity contribution in [3.05, 3.63) is 52.4 Å². The summed E-state index contributed by atoms with van der Waals surface area (Å²) in [6.07, 6.45) is 1.80. The minimum absolute atomic E-state index is 0.0594. The van der Waals surface area contributed by atoms with Gasteiger partial charge in [-0.2, -0.15) is 0 Å². The maximum absolute atomic E-state index is 6.08. The van der Waals surface area contributed by atoms with Gasteiger partial charge in [-0.3, -0.25) is 4.99 Å². The molecule has 0 bridgehead atoms. The van der Waals surface area contributed by atoms with Crippen molar-refractivity contribution in [2.75, 3.05) is 13.6 Å². The fourth-order valence-corrected chi connectivity index (χ4v) is 2.80. The molecule has 25 heavy (non-hydrogen) atoms. The van der Waals surface area contributed by atoms with Crippen LogP contribution in [0.5, 0.6) is 0 Å². The molecule has 1 aromatic carbocycles. The number of guanidine groups is 1. The smallest absolute Gasteiger partial charge is 0.191 e. The third-order valence-electron chi connectivity index (χ3n) is 3.93. The number of nitrogens with zero attached hydrogens (tertiary/aromatic N) is 2. The molecule has 0 radical (unpaired) electrons. The maximum Gasteiger partial charge on any atom is 0.191 e. The average Bonchev–Trinajstić information content (AvgIpc) is 3.02. The Kier molecular flexibility index (Phi) is 6.88. The van der Waals surface area contributed by atoms with E-state index in [4.69, 9.17) is 16.1 Å². The van der Waals surface area contributed by atoms with E-state index in [0.29, 0.717) is 6.54 Å². The number of hydrogen-bond acceptors (Lipinski definition) is 3. The van der Waals surface area contributed by atoms with Gasteiger partial charge in [-0.25, -0.2) is 0 Å². The second-order valence-electron chi connectivity index (χ2n) is 6.89. The molecule has 0 fully saturated rings. The molecule has 2 N–H and O–H groups in total. The molecular formula is C19H27ClN4O. The number of aliphatic imine (C=N–C) groups is 1. The number of aryl methyl sites for hydroxylation is 1. The lowest BCUT2D eigenvalue weighted by atomic mass is 9.86. The van der Waals surface area contributed by atoms with Gasteiger partial charge in [0.2, 0.25) is 0 Å². The van der Waals surface area contributed by atoms with E-state index in [1.807, 2.05) is 24.3 Å². The number of halogens is 1. The first-order chi connectivity index (χ1) is 11.9. The lowest BCUT2D eigenvalue weighted by Gasteiger charge is -2.26. The van der Waals surface area contributed by atoms with Crippen molar-refractivity contribution < 1.29 is 4.52 Å². The summed E-state index contributed by atoms with van der Waals surface area (Å²) in [7, 11) is 1.76. The standard InChI is InChI=1S/C19H27ClN4O/c1-5-16-10-17(25-24-16)12-22-18(21-4)23-13-19(2,3)11-14-7-6-8-15(20)9-14/h6-10H,5,11-13H2,1-4H3,(H2,21,22,23). The van der Waals surface area contributed by atoms with Gasteiger partial charge in [0.25, 0.3) is 0 Å². The molecule has 0 aliphatic rings. The Labute approximate surface area is 154 Å². The molecule has 0 amide bonds. The quantitative estimate of drug-likeness (QED) is 0.580. The summed E-state index contributed by atoms with van der Waals surface area (Å²) in [6.45, 7) is 7.84. The zero-order valence-corrected chi connectivity index (χ0v) is 16.2. The SMILES string of the molecule is CCc1cc(CNC(=NC)NCC(C)(C)Cc2cccc(Cl)c2)on1. The van der Waals surface area contributed by atoms with Gasteiger partial charge in [0.05, 0.1) is 12.2 Å². The van der Waals surface area contributed by atoms with Gasteiger partial charge in [0.1, 0.15) is 0 Å². The van der Waals surface area contributed by atoms with Crippen LogP contribution in [0.1, 0.15) is 37.8 Å². The van der Waals surface area contributed by atoms with Crippen LogP contribution >= 0.6 is 11.6 Å². The molecule has 5 nitrogen and oxygen atoms in total. The first-order valence-corrected chi connectivity index (χ1v) is 8.93. The van der Waals surface area contributed by atoms with Crippen LogP contribution in [0.25, 0.3) is 0 Å². The zero-order chi connectivity index (χ0) is 18.3. The van der Waals surface area contributed by atoms with E-state index in [1.54, 1.807) is 7.05 Å². The Hall–Kier alpha value is -2.01. The predicted molar refractivity (Wildman–Crippen MR) is 103 cm³/mol. The Morgan fingerprint density at radius 2 is 2.08 bits per heavy atom. The predicted octanol–water partition coefficient (Wildman–Crippen LogP) is 3.82. The van der Waals surface area contributed by atoms with E-state index in [2.05, 4.69) is 47.6 Å². The third kappa shape index (κ3) is 6.42. The minimum atomic E-state index is 0.0594. The van der Waals surface area contributed by atoms with E-state index in [1.165, 1.54) is 5.56 Å². The summed E-state index contributed by atoms with van der Waals surface area (Å²) in [4.78, 5) is 4.27. The molecule has 0 aliphatic heterocycles. The second kappa shape index (κ2) is 8.90. The first-order valence-electron chi connectivity index (χ1n) is 8.55. The highest BCUT2D eigenvalue weighted by Crippen LogP contribution is 2.22. The van der Waals surface area contributed by atoms with Gasteiger partial charge in [-0.15, -0.1) is 0 Å². The van der Waals surface area contributed by atoms with Gasteiger partial charge in [-0.1, -0.05) is 49.7 Å². The van der Waals surface area contributed by atoms with Crippen LogP contribution in [0.3, 0.4) is 0 Å². The van der Waals surface area contributed by atoms with Crippen molar-refractivity contribution in [3.8, 4) is 0 Å². The number of hydrogen-bond donors (Lipinski definition) is 2. The largest absolute Gasteiger partial charge is 0.359 e. The van der Waals surface area contributed by atoms with E-state index >= 15 is 0 Å². The summed E-state index contributed by atoms with van der Waals surface area (Å²) in [5, 5.41) is 11.4. The number of aromatic nitrogens is 1. The number of nitrogens with one attached hydrogen (secondary N) is 2. The molecule has 1 heterocycles. The summed E-state index contributed by atoms with van der Waals surface area (Å²) in [6, 6.07) is 9.98. The monoisotopic (exact) mass is 362 g/mol. The third-order valence-corrected chi connectivity index (χ3v) is 4.16. The van der Waals surface area contributed by atoms with Crippen LogP contribution in [0.15, 0.2) is 39.8 Å². The maximum atomic E-state index is 6.08. The molecule has 0 spiro atoms. The van der Waals surface area contributed by atoms with Crippen LogP contribution in [0, 0.1) is 5.41 Å². The summed E-state index contributed by atoms with van der Waals surface area (Å²) >= 11 is 6.08. The molecule has 0 aliphatic carbocycles. The lowest BCUT2D eigenvalue weighted by molar-refractivity contribution is 0.356. The van der Waals surface area contributed by atoms with Crippen molar-refractivity contribution in [1.82, 2.24) is 15.8 Å². The molecule has 0 unspecified atom stereocenters. The van der Waals surface area contributed by atoms with E-state index in [0.717, 1.165) is 41.8 Å². The summed E-state index contributed by atoms with van der Waals surface area (Å²) in [5.41, 5.74) is 2.25. The summed E-state index contributed by atoms with van der Waals surface area (Å²) in [5.74, 6) is 1.55. The van der Waals surface area contributed by atoms with Crippen molar-refractivity contribution in [2.24, 2.45) is 10.4 Å². The van der Waals surface area contributed by atoms with Gasteiger partial charge < -0.3 is 15.2 Å². The Morgan fingerprint density at radius 1 is 1.28 bits per heavy atom. The highest BCUT2D eigenvalue weighted by atomic mass is 35.5. The topological polar surface area (TPSA) is 62.5 Å². The molecule has 2 rings (SSSR count). The zero-order valence-electron chi connectivity index (χ0n) is 15.4. The minimum Gasteiger partial charge on any atom is -0.359 e. The van der Waals surface area contributed by atoms with Crippen LogP contribution in [-0.2, 0) is 19.4 Å². The van der Waals surface area contributed by atoms with Gasteiger partial charge >= 0.3 is 0 Å². The Bertz CT molecular complexity index is 709. The Balaban J connectivity index is 1.84. The Morgan fingerprint density at radius 3 is 2.72 bits per heavy atom. The van der Waals surface area contributed by atoms with Crippen molar-refractivity contribution >= 4 is 17.6 Å². The van der Waals surface area contributed by atoms with Crippen LogP contribution in [0.4, 0.5) is 0 Å². The van der Waals surface area contributed by atoms with E-state index in [9.17, 15) is 0 Å². The molecule has 1 aromatic heterocycles. The number of rotatable bonds is 7. The van der Waals surface area contributed by atoms with Gasteiger partial charge in [0, 0.05) is 24.7 Å².